The van der Waals surface area contributed by atoms with Gasteiger partial charge in [0.2, 0.25) is 0 Å². The molecule has 0 heterocycles. The molecule has 4 nitrogen and oxygen atoms in total. The summed E-state index contributed by atoms with van der Waals surface area (Å²) in [5.74, 6) is 0.198. The molecule has 19 heavy (non-hydrogen) atoms. The molecule has 0 saturated heterocycles. The van der Waals surface area contributed by atoms with Crippen LogP contribution in [0.3, 0.4) is 0 Å². The van der Waals surface area contributed by atoms with Gasteiger partial charge in [0, 0.05) is 12.1 Å². The normalized spacial score (nSPS) is 22.5. The van der Waals surface area contributed by atoms with Crippen LogP contribution in [0.1, 0.15) is 41.6 Å². The highest BCUT2D eigenvalue weighted by molar-refractivity contribution is 5.94. The van der Waals surface area contributed by atoms with Crippen LogP contribution in [0.4, 0.5) is 0 Å². The fraction of sp³-hybridized carbons (Fsp3) is 0.467. The van der Waals surface area contributed by atoms with Gasteiger partial charge in [0.1, 0.15) is 0 Å². The number of nitriles is 1. The molecule has 0 bridgehead atoms. The molecule has 2 rings (SSSR count). The smallest absolute Gasteiger partial charge is 0.251 e. The third kappa shape index (κ3) is 3.80. The first-order valence-electron chi connectivity index (χ1n) is 6.65. The molecule has 0 radical (unpaired) electrons. The van der Waals surface area contributed by atoms with Gasteiger partial charge in [-0.1, -0.05) is 12.5 Å². The van der Waals surface area contributed by atoms with Crippen molar-refractivity contribution in [3.63, 3.8) is 0 Å². The van der Waals surface area contributed by atoms with E-state index in [4.69, 9.17) is 5.26 Å². The summed E-state index contributed by atoms with van der Waals surface area (Å²) in [5.41, 5.74) is 0.996. The lowest BCUT2D eigenvalue weighted by molar-refractivity contribution is 0.0874. The van der Waals surface area contributed by atoms with Gasteiger partial charge in [0.15, 0.2) is 0 Å². The molecule has 1 amide bonds. The van der Waals surface area contributed by atoms with E-state index in [2.05, 4.69) is 5.32 Å². The summed E-state index contributed by atoms with van der Waals surface area (Å²) in [6.45, 7) is 0.590. The Morgan fingerprint density at radius 2 is 2.32 bits per heavy atom. The number of hydrogen-bond donors (Lipinski definition) is 2. The summed E-state index contributed by atoms with van der Waals surface area (Å²) >= 11 is 0. The highest BCUT2D eigenvalue weighted by atomic mass is 16.3. The largest absolute Gasteiger partial charge is 0.393 e. The Hall–Kier alpha value is -1.86. The van der Waals surface area contributed by atoms with E-state index in [1.165, 1.54) is 0 Å². The molecule has 2 N–H and O–H groups in total. The number of rotatable bonds is 3. The lowest BCUT2D eigenvalue weighted by Gasteiger charge is -2.25. The van der Waals surface area contributed by atoms with E-state index in [1.54, 1.807) is 24.3 Å². The highest BCUT2D eigenvalue weighted by Crippen LogP contribution is 2.23. The molecule has 1 aromatic rings. The van der Waals surface area contributed by atoms with Crippen molar-refractivity contribution in [2.45, 2.75) is 31.8 Å². The first-order valence-corrected chi connectivity index (χ1v) is 6.65. The molecular formula is C15H18N2O2. The Morgan fingerprint density at radius 1 is 1.47 bits per heavy atom. The van der Waals surface area contributed by atoms with Gasteiger partial charge in [-0.25, -0.2) is 0 Å². The number of aliphatic hydroxyl groups excluding tert-OH is 1. The highest BCUT2D eigenvalue weighted by Gasteiger charge is 2.20. The zero-order valence-corrected chi connectivity index (χ0v) is 10.8. The first-order chi connectivity index (χ1) is 9.19. The zero-order chi connectivity index (χ0) is 13.7. The standard InChI is InChI=1S/C15H18N2O2/c16-9-11-3-1-5-13(7-11)15(19)17-10-12-4-2-6-14(18)8-12/h1,3,5,7,12,14,18H,2,4,6,8,10H2,(H,17,19). The number of aliphatic hydroxyl groups is 1. The van der Waals surface area contributed by atoms with Crippen LogP contribution in [0.2, 0.25) is 0 Å². The van der Waals surface area contributed by atoms with Crippen LogP contribution < -0.4 is 5.32 Å². The molecule has 1 aliphatic carbocycles. The van der Waals surface area contributed by atoms with Gasteiger partial charge in [-0.05, 0) is 43.4 Å². The monoisotopic (exact) mass is 258 g/mol. The topological polar surface area (TPSA) is 73.1 Å². The van der Waals surface area contributed by atoms with Crippen molar-refractivity contribution < 1.29 is 9.90 Å². The van der Waals surface area contributed by atoms with Gasteiger partial charge < -0.3 is 10.4 Å². The fourth-order valence-electron chi connectivity index (χ4n) is 2.52. The molecule has 1 saturated carbocycles. The Kier molecular flexibility index (Phi) is 4.53. The minimum atomic E-state index is -0.224. The van der Waals surface area contributed by atoms with Gasteiger partial charge in [-0.3, -0.25) is 4.79 Å². The third-order valence-corrected chi connectivity index (χ3v) is 3.56. The second-order valence-electron chi connectivity index (χ2n) is 5.09. The number of carbonyl (C=O) groups excluding carboxylic acids is 1. The summed E-state index contributed by atoms with van der Waals surface area (Å²) in [6, 6.07) is 8.69. The van der Waals surface area contributed by atoms with Gasteiger partial charge in [0.05, 0.1) is 17.7 Å². The SMILES string of the molecule is N#Cc1cccc(C(=O)NCC2CCCC(O)C2)c1. The molecule has 1 aliphatic rings. The van der Waals surface area contributed by atoms with Crippen LogP contribution in [0.15, 0.2) is 24.3 Å². The summed E-state index contributed by atoms with van der Waals surface area (Å²) in [5, 5.41) is 21.3. The van der Waals surface area contributed by atoms with E-state index < -0.39 is 0 Å². The van der Waals surface area contributed by atoms with Crippen LogP contribution in [-0.2, 0) is 0 Å². The van der Waals surface area contributed by atoms with Crippen molar-refractivity contribution in [2.75, 3.05) is 6.54 Å². The lowest BCUT2D eigenvalue weighted by Crippen LogP contribution is -2.32. The van der Waals surface area contributed by atoms with E-state index in [0.717, 1.165) is 25.7 Å². The maximum Gasteiger partial charge on any atom is 0.251 e. The number of hydrogen-bond acceptors (Lipinski definition) is 3. The molecule has 1 aromatic carbocycles. The molecule has 100 valence electrons. The van der Waals surface area contributed by atoms with E-state index in [0.29, 0.717) is 23.6 Å². The van der Waals surface area contributed by atoms with Crippen molar-refractivity contribution in [1.29, 1.82) is 5.26 Å². The summed E-state index contributed by atoms with van der Waals surface area (Å²) in [6.07, 6.45) is 3.48. The molecule has 0 aromatic heterocycles. The summed E-state index contributed by atoms with van der Waals surface area (Å²) in [4.78, 5) is 12.0. The lowest BCUT2D eigenvalue weighted by atomic mass is 9.87. The fourth-order valence-corrected chi connectivity index (χ4v) is 2.52. The summed E-state index contributed by atoms with van der Waals surface area (Å²) in [7, 11) is 0. The molecule has 2 atom stereocenters. The predicted molar refractivity (Wildman–Crippen MR) is 71.5 cm³/mol. The first kappa shape index (κ1) is 13.6. The van der Waals surface area contributed by atoms with Crippen LogP contribution >= 0.6 is 0 Å². The van der Waals surface area contributed by atoms with Gasteiger partial charge in [-0.15, -0.1) is 0 Å². The van der Waals surface area contributed by atoms with E-state index in [9.17, 15) is 9.90 Å². The van der Waals surface area contributed by atoms with Crippen LogP contribution in [0.5, 0.6) is 0 Å². The number of nitrogens with one attached hydrogen (secondary N) is 1. The minimum Gasteiger partial charge on any atom is -0.393 e. The Labute approximate surface area is 113 Å². The van der Waals surface area contributed by atoms with Crippen LogP contribution in [0, 0.1) is 17.2 Å². The molecule has 4 heteroatoms. The number of nitrogens with zero attached hydrogens (tertiary/aromatic N) is 1. The molecular weight excluding hydrogens is 240 g/mol. The number of benzene rings is 1. The Bertz CT molecular complexity index is 493. The quantitative estimate of drug-likeness (QED) is 0.868. The van der Waals surface area contributed by atoms with E-state index in [-0.39, 0.29) is 12.0 Å². The predicted octanol–water partition coefficient (Wildman–Crippen LogP) is 1.84. The average Bonchev–Trinajstić information content (AvgIpc) is 2.45. The van der Waals surface area contributed by atoms with Crippen LogP contribution in [0.25, 0.3) is 0 Å². The van der Waals surface area contributed by atoms with E-state index >= 15 is 0 Å². The number of amides is 1. The van der Waals surface area contributed by atoms with Crippen molar-refractivity contribution >= 4 is 5.91 Å². The molecule has 2 unspecified atom stereocenters. The second kappa shape index (κ2) is 6.35. The average molecular weight is 258 g/mol. The van der Waals surface area contributed by atoms with Gasteiger partial charge >= 0.3 is 0 Å². The maximum absolute atomic E-state index is 12.0. The van der Waals surface area contributed by atoms with Gasteiger partial charge in [-0.2, -0.15) is 5.26 Å². The Balaban J connectivity index is 1.88. The second-order valence-corrected chi connectivity index (χ2v) is 5.09. The van der Waals surface area contributed by atoms with Crippen molar-refractivity contribution in [1.82, 2.24) is 5.32 Å². The van der Waals surface area contributed by atoms with Crippen molar-refractivity contribution in [2.24, 2.45) is 5.92 Å². The van der Waals surface area contributed by atoms with Crippen molar-refractivity contribution in [3.05, 3.63) is 35.4 Å². The van der Waals surface area contributed by atoms with E-state index in [1.807, 2.05) is 6.07 Å². The third-order valence-electron chi connectivity index (χ3n) is 3.56. The zero-order valence-electron chi connectivity index (χ0n) is 10.8. The number of carbonyl (C=O) groups is 1. The molecule has 1 fully saturated rings. The van der Waals surface area contributed by atoms with Gasteiger partial charge in [0.25, 0.3) is 5.91 Å². The summed E-state index contributed by atoms with van der Waals surface area (Å²) < 4.78 is 0. The molecule has 0 spiro atoms. The molecule has 0 aliphatic heterocycles. The van der Waals surface area contributed by atoms with Crippen LogP contribution in [-0.4, -0.2) is 23.7 Å². The maximum atomic E-state index is 12.0. The van der Waals surface area contributed by atoms with Crippen molar-refractivity contribution in [3.8, 4) is 6.07 Å². The minimum absolute atomic E-state index is 0.155. The Morgan fingerprint density at radius 3 is 3.05 bits per heavy atom.